The summed E-state index contributed by atoms with van der Waals surface area (Å²) in [5, 5.41) is 26.4. The Kier molecular flexibility index (Phi) is 10.3. The molecular weight excluding hydrogens is 867 g/mol. The van der Waals surface area contributed by atoms with Crippen LogP contribution >= 0.6 is 0 Å². The molecule has 0 spiro atoms. The number of fused-ring (bicyclic) bond motifs is 9. The minimum atomic E-state index is 0. The van der Waals surface area contributed by atoms with E-state index in [4.69, 9.17) is 0 Å². The second kappa shape index (κ2) is 16.3. The summed E-state index contributed by atoms with van der Waals surface area (Å²) >= 11 is 0. The van der Waals surface area contributed by atoms with Gasteiger partial charge in [-0.3, -0.25) is 30.2 Å². The van der Waals surface area contributed by atoms with Gasteiger partial charge in [0.1, 0.15) is 36.1 Å². The second-order valence-electron chi connectivity index (χ2n) is 12.7. The molecule has 3 aromatic carbocycles. The first-order chi connectivity index (χ1) is 28.2. The number of pyridine rings is 6. The predicted molar refractivity (Wildman–Crippen MR) is 217 cm³/mol. The van der Waals surface area contributed by atoms with Crippen LogP contribution in [0.25, 0.3) is 100.0 Å². The van der Waals surface area contributed by atoms with Gasteiger partial charge in [0.15, 0.2) is 17.5 Å². The maximum Gasteiger partial charge on any atom is 3.00 e. The van der Waals surface area contributed by atoms with Crippen LogP contribution in [0.4, 0.5) is 0 Å². The zero-order valence-electron chi connectivity index (χ0n) is 30.1. The van der Waals surface area contributed by atoms with E-state index in [1.165, 1.54) is 19.0 Å². The number of H-pyrrole nitrogens is 3. The summed E-state index contributed by atoms with van der Waals surface area (Å²) in [5.41, 5.74) is 7.66. The maximum atomic E-state index is 4.65. The zero-order chi connectivity index (χ0) is 38.0. The molecule has 0 saturated carbocycles. The summed E-state index contributed by atoms with van der Waals surface area (Å²) in [6.07, 6.45) is 9.77. The van der Waals surface area contributed by atoms with E-state index in [0.29, 0.717) is 17.5 Å². The van der Waals surface area contributed by atoms with Gasteiger partial charge in [-0.2, -0.15) is 15.3 Å². The molecule has 274 valence electrons. The van der Waals surface area contributed by atoms with Crippen molar-refractivity contribution in [2.24, 2.45) is 0 Å². The molecule has 0 fully saturated rings. The Labute approximate surface area is 368 Å². The maximum absolute atomic E-state index is 4.65. The number of aromatic nitrogens is 15. The fraction of sp³-hybridized carbons (Fsp3) is 0. The minimum Gasteiger partial charge on any atom is -0.258 e. The molecule has 0 aliphatic carbocycles. The van der Waals surface area contributed by atoms with Gasteiger partial charge in [-0.15, -0.1) is 0 Å². The van der Waals surface area contributed by atoms with Crippen LogP contribution in [0.5, 0.6) is 0 Å². The molecule has 0 aliphatic heterocycles. The Balaban J connectivity index is 0.000000112. The Morgan fingerprint density at radius 3 is 0.845 bits per heavy atom. The van der Waals surface area contributed by atoms with Crippen molar-refractivity contribution < 1.29 is 49.4 Å². The van der Waals surface area contributed by atoms with Crippen molar-refractivity contribution in [1.29, 1.82) is 0 Å². The smallest absolute Gasteiger partial charge is 0.258 e. The summed E-state index contributed by atoms with van der Waals surface area (Å²) in [7, 11) is 0. The molecule has 0 saturated heterocycles. The average molecular weight is 894 g/mol. The molecule has 0 bridgehead atoms. The van der Waals surface area contributed by atoms with Gasteiger partial charge >= 0.3 is 49.4 Å². The van der Waals surface area contributed by atoms with Crippen LogP contribution in [-0.4, -0.2) is 75.4 Å². The Hall–Kier alpha value is -6.88. The largest absolute Gasteiger partial charge is 3.00 e. The zero-order valence-corrected chi connectivity index (χ0v) is 32.5. The first-order valence-corrected chi connectivity index (χ1v) is 17.8. The first-order valence-electron chi connectivity index (χ1n) is 17.8. The first kappa shape index (κ1) is 36.7. The van der Waals surface area contributed by atoms with Crippen molar-refractivity contribution >= 4 is 65.4 Å². The molecule has 3 N–H and O–H groups in total. The Morgan fingerprint density at radius 2 is 0.569 bits per heavy atom. The fourth-order valence-corrected chi connectivity index (χ4v) is 6.55. The topological polar surface area (TPSA) is 202 Å². The van der Waals surface area contributed by atoms with Crippen LogP contribution in [0.2, 0.25) is 0 Å². The van der Waals surface area contributed by atoms with Crippen LogP contribution in [0.3, 0.4) is 0 Å². The molecule has 0 unspecified atom stereocenters. The van der Waals surface area contributed by atoms with Crippen LogP contribution < -0.4 is 0 Å². The van der Waals surface area contributed by atoms with E-state index in [9.17, 15) is 0 Å². The molecule has 0 aliphatic rings. The number of aromatic amines is 3. The number of hydrogen-bond acceptors (Lipinski definition) is 12. The summed E-state index contributed by atoms with van der Waals surface area (Å²) in [5.74, 6) is 1.99. The molecule has 12 rings (SSSR count). The van der Waals surface area contributed by atoms with E-state index >= 15 is 0 Å². The van der Waals surface area contributed by atoms with Crippen molar-refractivity contribution in [2.45, 2.75) is 0 Å². The third kappa shape index (κ3) is 7.27. The van der Waals surface area contributed by atoms with Crippen LogP contribution in [0.1, 0.15) is 0 Å². The van der Waals surface area contributed by atoms with Gasteiger partial charge in [-0.1, -0.05) is 72.8 Å². The average Bonchev–Trinajstić information content (AvgIpc) is 4.12. The van der Waals surface area contributed by atoms with Crippen molar-refractivity contribution in [3.63, 3.8) is 0 Å². The van der Waals surface area contributed by atoms with Crippen molar-refractivity contribution in [2.75, 3.05) is 0 Å². The Morgan fingerprint density at radius 1 is 0.293 bits per heavy atom. The molecule has 58 heavy (non-hydrogen) atoms. The molecule has 0 atom stereocenters. The molecule has 0 radical (unpaired) electrons. The van der Waals surface area contributed by atoms with Crippen LogP contribution in [-0.2, 0) is 0 Å². The normalized spacial score (nSPS) is 11.0. The van der Waals surface area contributed by atoms with Crippen molar-refractivity contribution in [3.8, 4) is 34.6 Å². The molecule has 0 amide bonds. The van der Waals surface area contributed by atoms with Gasteiger partial charge in [-0.05, 0) is 36.4 Å². The summed E-state index contributed by atoms with van der Waals surface area (Å²) in [4.78, 5) is 39.6. The molecular formula is C42H27EuN15+3. The second-order valence-corrected chi connectivity index (χ2v) is 12.7. The van der Waals surface area contributed by atoms with E-state index in [1.54, 1.807) is 18.6 Å². The Bertz CT molecular complexity index is 2960. The number of benzene rings is 3. The van der Waals surface area contributed by atoms with Gasteiger partial charge in [-0.25, -0.2) is 29.9 Å². The monoisotopic (exact) mass is 894 g/mol. The number of nitrogens with zero attached hydrogens (tertiary/aromatic N) is 12. The third-order valence-corrected chi connectivity index (χ3v) is 9.27. The summed E-state index contributed by atoms with van der Waals surface area (Å²) in [6, 6.07) is 36.0. The predicted octanol–water partition coefficient (Wildman–Crippen LogP) is 7.70. The number of hydrogen-bond donors (Lipinski definition) is 3. The van der Waals surface area contributed by atoms with Crippen LogP contribution in [0, 0.1) is 49.4 Å². The van der Waals surface area contributed by atoms with Gasteiger partial charge in [0.2, 0.25) is 0 Å². The van der Waals surface area contributed by atoms with Crippen LogP contribution in [0.15, 0.2) is 147 Å². The van der Waals surface area contributed by atoms with E-state index in [0.717, 1.165) is 82.5 Å². The van der Waals surface area contributed by atoms with Crippen molar-refractivity contribution in [3.05, 3.63) is 147 Å². The fourth-order valence-electron chi connectivity index (χ4n) is 6.55. The quantitative estimate of drug-likeness (QED) is 0.146. The SMILES string of the molecule is [Eu+3].c1cnc2c(c1)ccc1ccc(-c3ncn[nH]3)nc12.c1cnc2c(c1)ccc1ccc(-c3ncn[nH]3)nc12.c1cnc2c(c1)ccc1ccc(-c3ncn[nH]3)nc12. The van der Waals surface area contributed by atoms with E-state index in [1.807, 2.05) is 72.8 Å². The molecule has 9 heterocycles. The molecule has 12 aromatic rings. The number of rotatable bonds is 3. The van der Waals surface area contributed by atoms with Gasteiger partial charge in [0.25, 0.3) is 0 Å². The van der Waals surface area contributed by atoms with Gasteiger partial charge in [0.05, 0.1) is 33.1 Å². The van der Waals surface area contributed by atoms with Crippen molar-refractivity contribution in [1.82, 2.24) is 75.4 Å². The third-order valence-electron chi connectivity index (χ3n) is 9.27. The summed E-state index contributed by atoms with van der Waals surface area (Å²) in [6.45, 7) is 0. The number of nitrogens with one attached hydrogen (secondary N) is 3. The van der Waals surface area contributed by atoms with E-state index in [-0.39, 0.29) is 49.4 Å². The minimum absolute atomic E-state index is 0. The molecule has 16 heteroatoms. The standard InChI is InChI=1S/3C14H9N5.Eu/c3*1-2-9-3-4-10-5-6-11(14-16-8-17-19-14)18-13(10)12(9)15-7-1;/h3*1-8H,(H,16,17,19);/q;;;+3. The van der Waals surface area contributed by atoms with Gasteiger partial charge in [0, 0.05) is 50.9 Å². The van der Waals surface area contributed by atoms with E-state index in [2.05, 4.69) is 112 Å². The molecule has 15 nitrogen and oxygen atoms in total. The summed E-state index contributed by atoms with van der Waals surface area (Å²) < 4.78 is 0. The molecule has 9 aromatic heterocycles. The van der Waals surface area contributed by atoms with Gasteiger partial charge < -0.3 is 0 Å². The van der Waals surface area contributed by atoms with E-state index < -0.39 is 0 Å².